The summed E-state index contributed by atoms with van der Waals surface area (Å²) < 4.78 is 14.1. The molecule has 0 spiro atoms. The minimum Gasteiger partial charge on any atom is -0.458 e. The van der Waals surface area contributed by atoms with E-state index >= 15 is 0 Å². The lowest BCUT2D eigenvalue weighted by Gasteiger charge is -2.42. The molecule has 0 radical (unpaired) electrons. The van der Waals surface area contributed by atoms with Gasteiger partial charge >= 0.3 is 0 Å². The highest BCUT2D eigenvalue weighted by atomic mass is 16.5. The monoisotopic (exact) mass is 826 g/mol. The molecule has 1 aromatic heterocycles. The van der Waals surface area contributed by atoms with E-state index in [-0.39, 0.29) is 28.4 Å². The van der Waals surface area contributed by atoms with Crippen LogP contribution in [-0.4, -0.2) is 6.71 Å². The van der Waals surface area contributed by atoms with Crippen LogP contribution in [0.2, 0.25) is 0 Å². The van der Waals surface area contributed by atoms with Crippen LogP contribution in [0.15, 0.2) is 144 Å². The van der Waals surface area contributed by atoms with E-state index in [0.29, 0.717) is 0 Å². The largest absolute Gasteiger partial charge is 0.458 e. The lowest BCUT2D eigenvalue weighted by atomic mass is 9.34. The average Bonchev–Trinajstić information content (AvgIpc) is 3.61. The smallest absolute Gasteiger partial charge is 0.256 e. The lowest BCUT2D eigenvalue weighted by Crippen LogP contribution is -2.60. The molecule has 0 aliphatic carbocycles. The van der Waals surface area contributed by atoms with Gasteiger partial charge in [-0.25, -0.2) is 0 Å². The summed E-state index contributed by atoms with van der Waals surface area (Å²) in [5.41, 5.74) is 16.7. The van der Waals surface area contributed by atoms with Gasteiger partial charge in [0.05, 0.1) is 5.69 Å². The number of rotatable bonds is 4. The Balaban J connectivity index is 1.38. The molecule has 0 N–H and O–H groups in total. The number of benzene rings is 7. The Bertz CT molecular complexity index is 3000. The van der Waals surface area contributed by atoms with Crippen molar-refractivity contribution in [2.45, 2.75) is 105 Å². The molecule has 3 heterocycles. The summed E-state index contributed by atoms with van der Waals surface area (Å²) in [6.45, 7) is 27.3. The van der Waals surface area contributed by atoms with Crippen molar-refractivity contribution < 1.29 is 9.15 Å². The Kier molecular flexibility index (Phi) is 9.18. The maximum atomic E-state index is 7.21. The first-order valence-corrected chi connectivity index (χ1v) is 22.6. The van der Waals surface area contributed by atoms with Crippen molar-refractivity contribution in [2.24, 2.45) is 0 Å². The maximum Gasteiger partial charge on any atom is 0.256 e. The molecular formula is C58H59BN2O2. The number of anilines is 6. The molecule has 2 aliphatic heterocycles. The van der Waals surface area contributed by atoms with Gasteiger partial charge in [-0.2, -0.15) is 0 Å². The van der Waals surface area contributed by atoms with Crippen LogP contribution in [0.25, 0.3) is 21.9 Å². The Labute approximate surface area is 374 Å². The van der Waals surface area contributed by atoms with E-state index < -0.39 is 0 Å². The fraction of sp³-hybridized carbons (Fsp3) is 0.276. The average molecular weight is 827 g/mol. The fourth-order valence-corrected chi connectivity index (χ4v) is 9.68. The number of para-hydroxylation sites is 1. The Morgan fingerprint density at radius 2 is 1.02 bits per heavy atom. The zero-order chi connectivity index (χ0) is 44.4. The number of fused-ring (bicyclic) bond motifs is 7. The number of nitrogens with zero attached hydrogens (tertiary/aromatic N) is 2. The minimum absolute atomic E-state index is 0.00150. The first-order chi connectivity index (χ1) is 29.8. The number of furan rings is 1. The second-order valence-electron chi connectivity index (χ2n) is 21.9. The molecule has 2 aliphatic rings. The van der Waals surface area contributed by atoms with E-state index in [1.54, 1.807) is 0 Å². The molecule has 7 aromatic carbocycles. The van der Waals surface area contributed by atoms with Gasteiger partial charge in [-0.05, 0) is 121 Å². The summed E-state index contributed by atoms with van der Waals surface area (Å²) in [6, 6.07) is 51.9. The summed E-state index contributed by atoms with van der Waals surface area (Å²) >= 11 is 0. The highest BCUT2D eigenvalue weighted by Crippen LogP contribution is 2.53. The van der Waals surface area contributed by atoms with Crippen molar-refractivity contribution in [3.8, 4) is 11.5 Å². The van der Waals surface area contributed by atoms with Gasteiger partial charge in [0.1, 0.15) is 22.8 Å². The van der Waals surface area contributed by atoms with Crippen molar-refractivity contribution in [1.29, 1.82) is 0 Å². The first-order valence-electron chi connectivity index (χ1n) is 22.6. The van der Waals surface area contributed by atoms with Crippen LogP contribution < -0.4 is 30.9 Å². The van der Waals surface area contributed by atoms with E-state index in [1.807, 2.05) is 0 Å². The SMILES string of the molecule is CC(C)(C)c1ccc(N2c3cccc4c3B(c3cc(C(C)(C)C)ccc3O4)c3cc4c(oc5ccccc54)c(N(c4ccc(C(C)(C)C)cc4)c4ccc(C(C)(C)C)cc4)c32)cc1. The minimum atomic E-state index is -0.118. The molecule has 0 saturated heterocycles. The fourth-order valence-electron chi connectivity index (χ4n) is 9.68. The van der Waals surface area contributed by atoms with Crippen molar-refractivity contribution in [3.63, 3.8) is 0 Å². The van der Waals surface area contributed by atoms with Crippen LogP contribution in [0.5, 0.6) is 11.5 Å². The molecule has 0 amide bonds. The molecule has 4 nitrogen and oxygen atoms in total. The van der Waals surface area contributed by atoms with E-state index in [9.17, 15) is 0 Å². The van der Waals surface area contributed by atoms with Crippen LogP contribution in [-0.2, 0) is 21.7 Å². The molecule has 63 heavy (non-hydrogen) atoms. The normalized spacial score (nSPS) is 13.8. The molecule has 0 fully saturated rings. The molecule has 8 aromatic rings. The van der Waals surface area contributed by atoms with Gasteiger partial charge in [0.15, 0.2) is 5.58 Å². The molecular weight excluding hydrogens is 767 g/mol. The molecule has 10 rings (SSSR count). The molecule has 0 bridgehead atoms. The first kappa shape index (κ1) is 40.9. The molecule has 0 saturated carbocycles. The van der Waals surface area contributed by atoms with Gasteiger partial charge in [-0.1, -0.05) is 162 Å². The van der Waals surface area contributed by atoms with E-state index in [2.05, 4.69) is 232 Å². The second kappa shape index (κ2) is 14.2. The Hall–Kier alpha value is -6.20. The summed E-state index contributed by atoms with van der Waals surface area (Å²) in [5.74, 6) is 1.79. The predicted octanol–water partition coefficient (Wildman–Crippen LogP) is 14.7. The lowest BCUT2D eigenvalue weighted by molar-refractivity contribution is 0.486. The Morgan fingerprint density at radius 3 is 1.59 bits per heavy atom. The van der Waals surface area contributed by atoms with Crippen LogP contribution in [0.1, 0.15) is 105 Å². The van der Waals surface area contributed by atoms with Gasteiger partial charge in [-0.3, -0.25) is 0 Å². The summed E-state index contributed by atoms with van der Waals surface area (Å²) in [4.78, 5) is 4.95. The van der Waals surface area contributed by atoms with Gasteiger partial charge < -0.3 is 19.0 Å². The van der Waals surface area contributed by atoms with Crippen molar-refractivity contribution in [2.75, 3.05) is 9.80 Å². The van der Waals surface area contributed by atoms with Crippen LogP contribution in [0.4, 0.5) is 34.1 Å². The quantitative estimate of drug-likeness (QED) is 0.165. The highest BCUT2D eigenvalue weighted by Gasteiger charge is 2.45. The third kappa shape index (κ3) is 6.83. The van der Waals surface area contributed by atoms with E-state index in [1.165, 1.54) is 38.6 Å². The van der Waals surface area contributed by atoms with Gasteiger partial charge in [0, 0.05) is 33.5 Å². The summed E-state index contributed by atoms with van der Waals surface area (Å²) in [7, 11) is 0. The third-order valence-electron chi connectivity index (χ3n) is 13.4. The van der Waals surface area contributed by atoms with Crippen LogP contribution in [0.3, 0.4) is 0 Å². The van der Waals surface area contributed by atoms with Crippen molar-refractivity contribution in [3.05, 3.63) is 162 Å². The molecule has 316 valence electrons. The van der Waals surface area contributed by atoms with Crippen LogP contribution in [0, 0.1) is 0 Å². The van der Waals surface area contributed by atoms with Gasteiger partial charge in [0.2, 0.25) is 0 Å². The highest BCUT2D eigenvalue weighted by molar-refractivity contribution is 6.99. The molecule has 0 unspecified atom stereocenters. The molecule has 5 heteroatoms. The standard InChI is InChI=1S/C58H59BN2O2/c1-55(2,3)36-20-27-40(28-21-36)60(41-29-22-37(23-30-41)56(4,5)6)53-52-46(35-44-43-16-13-14-18-48(43)63-54(44)53)59-45-34-39(58(10,11)12)26-33-49(45)62-50-19-15-17-47(51(50)59)61(52)42-31-24-38(25-32-42)57(7,8)9/h13-35H,1-12H3. The number of ether oxygens (including phenoxy) is 1. The van der Waals surface area contributed by atoms with Gasteiger partial charge in [-0.15, -0.1) is 0 Å². The van der Waals surface area contributed by atoms with E-state index in [0.717, 1.165) is 67.6 Å². The topological polar surface area (TPSA) is 28.9 Å². The Morgan fingerprint density at radius 1 is 0.476 bits per heavy atom. The van der Waals surface area contributed by atoms with Crippen molar-refractivity contribution >= 4 is 79.2 Å². The van der Waals surface area contributed by atoms with Crippen LogP contribution >= 0.6 is 0 Å². The van der Waals surface area contributed by atoms with Gasteiger partial charge in [0.25, 0.3) is 6.71 Å². The number of hydrogen-bond donors (Lipinski definition) is 0. The summed E-state index contributed by atoms with van der Waals surface area (Å²) in [6.07, 6.45) is 0. The predicted molar refractivity (Wildman–Crippen MR) is 269 cm³/mol. The third-order valence-corrected chi connectivity index (χ3v) is 13.4. The summed E-state index contributed by atoms with van der Waals surface area (Å²) in [5, 5.41) is 2.18. The zero-order valence-electron chi connectivity index (χ0n) is 39.1. The van der Waals surface area contributed by atoms with Crippen molar-refractivity contribution in [1.82, 2.24) is 0 Å². The number of hydrogen-bond acceptors (Lipinski definition) is 4. The van der Waals surface area contributed by atoms with E-state index in [4.69, 9.17) is 9.15 Å². The zero-order valence-corrected chi connectivity index (χ0v) is 39.1. The molecule has 0 atom stereocenters. The second-order valence-corrected chi connectivity index (χ2v) is 21.9. The maximum absolute atomic E-state index is 7.21.